The zero-order valence-electron chi connectivity index (χ0n) is 6.82. The molecule has 0 aliphatic heterocycles. The normalized spacial score (nSPS) is 10.4. The molecule has 2 aromatic rings. The highest BCUT2D eigenvalue weighted by Crippen LogP contribution is 2.38. The lowest BCUT2D eigenvalue weighted by molar-refractivity contribution is 0.210. The van der Waals surface area contributed by atoms with Crippen LogP contribution in [0.2, 0.25) is 0 Å². The minimum atomic E-state index is -1.07. The Balaban J connectivity index is 2.57. The van der Waals surface area contributed by atoms with E-state index in [1.807, 2.05) is 12.1 Å². The molecule has 0 unspecified atom stereocenters. The highest BCUT2D eigenvalue weighted by molar-refractivity contribution is 9.10. The fourth-order valence-electron chi connectivity index (χ4n) is 1.08. The number of pyridine rings is 1. The van der Waals surface area contributed by atoms with E-state index in [0.717, 1.165) is 14.7 Å². The number of aromatic nitrogens is 1. The van der Waals surface area contributed by atoms with Gasteiger partial charge in [-0.15, -0.1) is 0 Å². The van der Waals surface area contributed by atoms with Gasteiger partial charge in [0, 0.05) is 11.6 Å². The third-order valence-electron chi connectivity index (χ3n) is 1.63. The van der Waals surface area contributed by atoms with Gasteiger partial charge in [-0.05, 0) is 28.1 Å². The van der Waals surface area contributed by atoms with Crippen molar-refractivity contribution in [1.29, 1.82) is 0 Å². The van der Waals surface area contributed by atoms with Crippen molar-refractivity contribution in [2.45, 2.75) is 0 Å². The minimum absolute atomic E-state index is 0.561. The Morgan fingerprint density at radius 1 is 1.64 bits per heavy atom. The van der Waals surface area contributed by atoms with Crippen LogP contribution in [0.1, 0.15) is 0 Å². The molecule has 0 spiro atoms. The second-order valence-corrected chi connectivity index (χ2v) is 4.32. The predicted octanol–water partition coefficient (Wildman–Crippen LogP) is 3.15. The van der Waals surface area contributed by atoms with Gasteiger partial charge in [0.25, 0.3) is 0 Å². The molecule has 0 fully saturated rings. The number of rotatable bonds is 1. The molecule has 0 atom stereocenters. The quantitative estimate of drug-likeness (QED) is 0.838. The maximum atomic E-state index is 10.5. The number of hydrogen-bond donors (Lipinski definition) is 2. The highest BCUT2D eigenvalue weighted by Gasteiger charge is 2.11. The van der Waals surface area contributed by atoms with Crippen LogP contribution in [0.25, 0.3) is 10.2 Å². The molecule has 0 aliphatic carbocycles. The highest BCUT2D eigenvalue weighted by atomic mass is 79.9. The molecule has 2 N–H and O–H groups in total. The number of hydrogen-bond acceptors (Lipinski definition) is 3. The van der Waals surface area contributed by atoms with Crippen LogP contribution >= 0.6 is 27.3 Å². The van der Waals surface area contributed by atoms with Gasteiger partial charge >= 0.3 is 6.09 Å². The van der Waals surface area contributed by atoms with Crippen molar-refractivity contribution in [3.8, 4) is 0 Å². The molecule has 2 aromatic heterocycles. The van der Waals surface area contributed by atoms with Gasteiger partial charge in [0.15, 0.2) is 0 Å². The van der Waals surface area contributed by atoms with E-state index in [0.29, 0.717) is 5.00 Å². The standard InChI is InChI=1S/C8H5BrN2O2S/c9-5-4-2-1-3-10-6(4)14-7(5)11-8(12)13/h1-3,11H,(H,12,13). The maximum absolute atomic E-state index is 10.5. The first-order chi connectivity index (χ1) is 6.68. The van der Waals surface area contributed by atoms with Crippen molar-refractivity contribution in [1.82, 2.24) is 4.98 Å². The smallest absolute Gasteiger partial charge is 0.409 e. The molecule has 0 saturated carbocycles. The third-order valence-corrected chi connectivity index (χ3v) is 3.74. The summed E-state index contributed by atoms with van der Waals surface area (Å²) in [6, 6.07) is 3.69. The molecular formula is C8H5BrN2O2S. The van der Waals surface area contributed by atoms with Crippen LogP contribution < -0.4 is 5.32 Å². The Morgan fingerprint density at radius 3 is 3.07 bits per heavy atom. The zero-order chi connectivity index (χ0) is 10.1. The summed E-state index contributed by atoms with van der Waals surface area (Å²) in [4.78, 5) is 15.4. The molecule has 2 rings (SSSR count). The van der Waals surface area contributed by atoms with Gasteiger partial charge in [0.2, 0.25) is 0 Å². The SMILES string of the molecule is O=C(O)Nc1sc2ncccc2c1Br. The number of nitrogens with one attached hydrogen (secondary N) is 1. The fourth-order valence-corrected chi connectivity index (χ4v) is 2.80. The number of carboxylic acid groups (broad SMARTS) is 1. The van der Waals surface area contributed by atoms with Crippen LogP contribution in [0.4, 0.5) is 9.80 Å². The Kier molecular flexibility index (Phi) is 2.39. The topological polar surface area (TPSA) is 62.2 Å². The van der Waals surface area contributed by atoms with Gasteiger partial charge in [-0.3, -0.25) is 5.32 Å². The molecule has 4 nitrogen and oxygen atoms in total. The van der Waals surface area contributed by atoms with Crippen molar-refractivity contribution < 1.29 is 9.90 Å². The Labute approximate surface area is 91.7 Å². The molecule has 0 aliphatic rings. The lowest BCUT2D eigenvalue weighted by Gasteiger charge is -1.94. The molecular weight excluding hydrogens is 268 g/mol. The van der Waals surface area contributed by atoms with Crippen LogP contribution in [-0.4, -0.2) is 16.2 Å². The van der Waals surface area contributed by atoms with Crippen molar-refractivity contribution in [2.24, 2.45) is 0 Å². The monoisotopic (exact) mass is 272 g/mol. The molecule has 14 heavy (non-hydrogen) atoms. The van der Waals surface area contributed by atoms with E-state index in [1.165, 1.54) is 11.3 Å². The third kappa shape index (κ3) is 1.58. The van der Waals surface area contributed by atoms with Gasteiger partial charge in [0.05, 0.1) is 4.47 Å². The molecule has 1 amide bonds. The van der Waals surface area contributed by atoms with Gasteiger partial charge in [-0.2, -0.15) is 0 Å². The molecule has 6 heteroatoms. The number of anilines is 1. The Morgan fingerprint density at radius 2 is 2.43 bits per heavy atom. The van der Waals surface area contributed by atoms with E-state index in [2.05, 4.69) is 26.2 Å². The minimum Gasteiger partial charge on any atom is -0.465 e. The van der Waals surface area contributed by atoms with Crippen LogP contribution in [-0.2, 0) is 0 Å². The first kappa shape index (κ1) is 9.42. The number of fused-ring (bicyclic) bond motifs is 1. The number of nitrogens with zero attached hydrogens (tertiary/aromatic N) is 1. The molecule has 72 valence electrons. The summed E-state index contributed by atoms with van der Waals surface area (Å²) in [5.41, 5.74) is 0. The lowest BCUT2D eigenvalue weighted by Crippen LogP contribution is -2.05. The summed E-state index contributed by atoms with van der Waals surface area (Å²) < 4.78 is 0.744. The largest absolute Gasteiger partial charge is 0.465 e. The van der Waals surface area contributed by atoms with Gasteiger partial charge in [-0.1, -0.05) is 11.3 Å². The summed E-state index contributed by atoms with van der Waals surface area (Å²) in [6.07, 6.45) is 0.604. The van der Waals surface area contributed by atoms with Crippen LogP contribution in [0.15, 0.2) is 22.8 Å². The average molecular weight is 273 g/mol. The van der Waals surface area contributed by atoms with E-state index in [1.54, 1.807) is 6.20 Å². The first-order valence-electron chi connectivity index (χ1n) is 3.71. The van der Waals surface area contributed by atoms with E-state index < -0.39 is 6.09 Å². The zero-order valence-corrected chi connectivity index (χ0v) is 9.22. The maximum Gasteiger partial charge on any atom is 0.409 e. The fraction of sp³-hybridized carbons (Fsp3) is 0. The molecule has 0 saturated heterocycles. The Hall–Kier alpha value is -1.14. The van der Waals surface area contributed by atoms with Crippen molar-refractivity contribution in [3.05, 3.63) is 22.8 Å². The summed E-state index contributed by atoms with van der Waals surface area (Å²) in [5, 5.41) is 12.4. The van der Waals surface area contributed by atoms with Gasteiger partial charge in [-0.25, -0.2) is 9.78 Å². The second kappa shape index (κ2) is 3.55. The molecule has 2 heterocycles. The number of halogens is 1. The summed E-state index contributed by atoms with van der Waals surface area (Å²) in [7, 11) is 0. The number of thiophene rings is 1. The number of amides is 1. The second-order valence-electron chi connectivity index (χ2n) is 2.53. The van der Waals surface area contributed by atoms with Crippen molar-refractivity contribution in [2.75, 3.05) is 5.32 Å². The van der Waals surface area contributed by atoms with Gasteiger partial charge < -0.3 is 5.11 Å². The van der Waals surface area contributed by atoms with E-state index in [-0.39, 0.29) is 0 Å². The summed E-state index contributed by atoms with van der Waals surface area (Å²) in [5.74, 6) is 0. The predicted molar refractivity (Wildman–Crippen MR) is 59.0 cm³/mol. The summed E-state index contributed by atoms with van der Waals surface area (Å²) in [6.45, 7) is 0. The lowest BCUT2D eigenvalue weighted by atomic mass is 10.3. The Bertz CT molecular complexity index is 497. The summed E-state index contributed by atoms with van der Waals surface area (Å²) >= 11 is 4.63. The molecule has 0 aromatic carbocycles. The van der Waals surface area contributed by atoms with Crippen molar-refractivity contribution in [3.63, 3.8) is 0 Å². The van der Waals surface area contributed by atoms with E-state index in [4.69, 9.17) is 5.11 Å². The van der Waals surface area contributed by atoms with E-state index >= 15 is 0 Å². The van der Waals surface area contributed by atoms with Crippen LogP contribution in [0.3, 0.4) is 0 Å². The number of carbonyl (C=O) groups is 1. The van der Waals surface area contributed by atoms with Crippen LogP contribution in [0, 0.1) is 0 Å². The molecule has 0 bridgehead atoms. The first-order valence-corrected chi connectivity index (χ1v) is 5.32. The van der Waals surface area contributed by atoms with Gasteiger partial charge in [0.1, 0.15) is 9.83 Å². The van der Waals surface area contributed by atoms with E-state index in [9.17, 15) is 4.79 Å². The van der Waals surface area contributed by atoms with Crippen molar-refractivity contribution >= 4 is 48.6 Å². The average Bonchev–Trinajstić information content (AvgIpc) is 2.44. The molecule has 0 radical (unpaired) electrons. The van der Waals surface area contributed by atoms with Crippen LogP contribution in [0.5, 0.6) is 0 Å².